The van der Waals surface area contributed by atoms with Crippen molar-refractivity contribution in [2.75, 3.05) is 38.1 Å². The van der Waals surface area contributed by atoms with E-state index in [1.165, 1.54) is 34.5 Å². The minimum Gasteiger partial charge on any atom is -0.490 e. The fourth-order valence-electron chi connectivity index (χ4n) is 5.30. The van der Waals surface area contributed by atoms with E-state index in [0.29, 0.717) is 18.8 Å². The highest BCUT2D eigenvalue weighted by molar-refractivity contribution is 7.92. The number of sulfonamides is 2. The number of anilines is 1. The number of hydrogen-bond donors (Lipinski definition) is 2. The van der Waals surface area contributed by atoms with E-state index in [-0.39, 0.29) is 52.1 Å². The Kier molecular flexibility index (Phi) is 12.5. The molecule has 0 fully saturated rings. The van der Waals surface area contributed by atoms with Gasteiger partial charge in [-0.25, -0.2) is 16.8 Å². The number of nitrogens with one attached hydrogen (secondary N) is 1. The van der Waals surface area contributed by atoms with Crippen LogP contribution in [-0.2, 0) is 24.8 Å². The van der Waals surface area contributed by atoms with Gasteiger partial charge < -0.3 is 19.5 Å². The summed E-state index contributed by atoms with van der Waals surface area (Å²) < 4.78 is 69.5. The first-order chi connectivity index (χ1) is 22.2. The van der Waals surface area contributed by atoms with E-state index in [4.69, 9.17) is 9.47 Å². The largest absolute Gasteiger partial charge is 0.490 e. The molecule has 4 rings (SSSR count). The van der Waals surface area contributed by atoms with Crippen LogP contribution in [0.2, 0.25) is 0 Å². The average Bonchev–Trinajstić information content (AvgIpc) is 3.59. The van der Waals surface area contributed by atoms with Crippen molar-refractivity contribution < 1.29 is 36.2 Å². The molecule has 3 aromatic rings. The molecule has 0 aliphatic carbocycles. The number of rotatable bonds is 9. The van der Waals surface area contributed by atoms with E-state index in [0.717, 1.165) is 29.7 Å². The Morgan fingerprint density at radius 1 is 1.09 bits per heavy atom. The molecule has 0 radical (unpaired) electrons. The Hall–Kier alpha value is -3.01. The van der Waals surface area contributed by atoms with Crippen molar-refractivity contribution in [1.82, 2.24) is 9.21 Å². The third kappa shape index (κ3) is 9.33. The number of ether oxygens (including phenoxy) is 2. The van der Waals surface area contributed by atoms with Gasteiger partial charge in [-0.15, -0.1) is 11.3 Å². The lowest BCUT2D eigenvalue weighted by Crippen LogP contribution is -2.48. The van der Waals surface area contributed by atoms with Gasteiger partial charge in [-0.1, -0.05) is 30.7 Å². The van der Waals surface area contributed by atoms with E-state index in [1.54, 1.807) is 48.7 Å². The van der Waals surface area contributed by atoms with Gasteiger partial charge in [0.1, 0.15) is 9.96 Å². The first-order valence-electron chi connectivity index (χ1n) is 15.7. The summed E-state index contributed by atoms with van der Waals surface area (Å²) in [4.78, 5) is 15.9. The molecular weight excluding hydrogens is 663 g/mol. The van der Waals surface area contributed by atoms with Crippen LogP contribution in [0.4, 0.5) is 5.69 Å². The predicted octanol–water partition coefficient (Wildman–Crippen LogP) is 4.97. The first-order valence-corrected chi connectivity index (χ1v) is 19.5. The zero-order valence-corrected chi connectivity index (χ0v) is 29.9. The summed E-state index contributed by atoms with van der Waals surface area (Å²) in [6, 6.07) is 13.7. The molecule has 0 unspecified atom stereocenters. The quantitative estimate of drug-likeness (QED) is 0.318. The zero-order valence-electron chi connectivity index (χ0n) is 27.5. The molecule has 1 amide bonds. The Balaban J connectivity index is 1.68. The highest BCUT2D eigenvalue weighted by Gasteiger charge is 2.33. The monoisotopic (exact) mass is 707 g/mol. The summed E-state index contributed by atoms with van der Waals surface area (Å²) >= 11 is 1.14. The van der Waals surface area contributed by atoms with Crippen molar-refractivity contribution in [2.24, 2.45) is 5.92 Å². The van der Waals surface area contributed by atoms with E-state index >= 15 is 0 Å². The third-order valence-corrected chi connectivity index (χ3v) is 12.8. The van der Waals surface area contributed by atoms with Crippen molar-refractivity contribution in [3.63, 3.8) is 0 Å². The van der Waals surface area contributed by atoms with Gasteiger partial charge in [-0.05, 0) is 81.8 Å². The Bertz CT molecular complexity index is 1700. The second kappa shape index (κ2) is 15.9. The molecule has 258 valence electrons. The molecule has 47 heavy (non-hydrogen) atoms. The van der Waals surface area contributed by atoms with Crippen molar-refractivity contribution in [3.8, 4) is 5.75 Å². The number of carbonyl (C=O) groups excluding carboxylic acids is 1. The van der Waals surface area contributed by atoms with Gasteiger partial charge in [0, 0.05) is 38.3 Å². The molecule has 11 nitrogen and oxygen atoms in total. The minimum absolute atomic E-state index is 0.0674. The van der Waals surface area contributed by atoms with Crippen LogP contribution in [0.3, 0.4) is 0 Å². The molecule has 14 heteroatoms. The maximum Gasteiger partial charge on any atom is 0.261 e. The molecule has 1 aromatic heterocycles. The normalized spacial score (nSPS) is 21.0. The Morgan fingerprint density at radius 2 is 1.81 bits per heavy atom. The molecule has 4 atom stereocenters. The number of likely N-dealkylation sites (N-methyl/N-ethyl adjacent to an activating group) is 1. The molecule has 0 saturated carbocycles. The molecule has 0 saturated heterocycles. The smallest absolute Gasteiger partial charge is 0.261 e. The minimum atomic E-state index is -3.95. The first kappa shape index (κ1) is 36.8. The van der Waals surface area contributed by atoms with Gasteiger partial charge in [0.2, 0.25) is 0 Å². The van der Waals surface area contributed by atoms with Crippen LogP contribution in [0.5, 0.6) is 5.75 Å². The van der Waals surface area contributed by atoms with Crippen LogP contribution in [0.25, 0.3) is 0 Å². The fraction of sp³-hybridized carbons (Fsp3) is 0.485. The number of fused-ring (bicyclic) bond motifs is 1. The Morgan fingerprint density at radius 3 is 2.47 bits per heavy atom. The third-order valence-electron chi connectivity index (χ3n) is 8.23. The lowest BCUT2D eigenvalue weighted by Gasteiger charge is -2.35. The number of amides is 1. The highest BCUT2D eigenvalue weighted by atomic mass is 32.2. The SMILES string of the molecule is Cc1ccc(S(=O)(=O)Nc2ccc3c(c2)C(=O)N([C@@H](C)CO)C[C@H](C)[C@H](CN(C)S(=O)(=O)c2cccs2)OCCCC[C@@H](C)O3)cc1. The second-order valence-electron chi connectivity index (χ2n) is 12.1. The van der Waals surface area contributed by atoms with Crippen LogP contribution in [0, 0.1) is 12.8 Å². The van der Waals surface area contributed by atoms with E-state index in [1.807, 2.05) is 20.8 Å². The summed E-state index contributed by atoms with van der Waals surface area (Å²) in [5.74, 6) is -0.508. The van der Waals surface area contributed by atoms with E-state index in [2.05, 4.69) is 4.72 Å². The van der Waals surface area contributed by atoms with Gasteiger partial charge in [0.15, 0.2) is 0 Å². The van der Waals surface area contributed by atoms with Gasteiger partial charge in [-0.2, -0.15) is 4.31 Å². The number of carbonyl (C=O) groups is 1. The number of benzene rings is 2. The maximum atomic E-state index is 14.3. The molecule has 0 spiro atoms. The molecule has 1 aliphatic heterocycles. The summed E-state index contributed by atoms with van der Waals surface area (Å²) in [6.07, 6.45) is 1.35. The van der Waals surface area contributed by atoms with Crippen LogP contribution in [-0.4, -0.2) is 88.7 Å². The average molecular weight is 708 g/mol. The van der Waals surface area contributed by atoms with Crippen molar-refractivity contribution in [2.45, 2.75) is 74.3 Å². The number of thiophene rings is 1. The van der Waals surface area contributed by atoms with Crippen molar-refractivity contribution in [3.05, 3.63) is 71.1 Å². The lowest BCUT2D eigenvalue weighted by molar-refractivity contribution is -0.00832. The summed E-state index contributed by atoms with van der Waals surface area (Å²) in [6.45, 7) is 7.64. The van der Waals surface area contributed by atoms with Crippen LogP contribution in [0.15, 0.2) is 69.1 Å². The van der Waals surface area contributed by atoms with Crippen molar-refractivity contribution >= 4 is 43.0 Å². The highest BCUT2D eigenvalue weighted by Crippen LogP contribution is 2.30. The van der Waals surface area contributed by atoms with Gasteiger partial charge >= 0.3 is 0 Å². The molecule has 2 heterocycles. The van der Waals surface area contributed by atoms with Gasteiger partial charge in [0.05, 0.1) is 35.3 Å². The molecule has 2 aromatic carbocycles. The topological polar surface area (TPSA) is 143 Å². The second-order valence-corrected chi connectivity index (χ2v) is 17.0. The number of nitrogens with zero attached hydrogens (tertiary/aromatic N) is 2. The van der Waals surface area contributed by atoms with Crippen LogP contribution >= 0.6 is 11.3 Å². The molecule has 0 bridgehead atoms. The number of aryl methyl sites for hydroxylation is 1. The van der Waals surface area contributed by atoms with Crippen LogP contribution in [0.1, 0.15) is 56.0 Å². The summed E-state index contributed by atoms with van der Waals surface area (Å²) in [5, 5.41) is 11.9. The van der Waals surface area contributed by atoms with Crippen LogP contribution < -0.4 is 9.46 Å². The number of aliphatic hydroxyl groups is 1. The molecule has 2 N–H and O–H groups in total. The van der Waals surface area contributed by atoms with E-state index < -0.39 is 38.1 Å². The molecule has 1 aliphatic rings. The van der Waals surface area contributed by atoms with Gasteiger partial charge in [-0.3, -0.25) is 9.52 Å². The van der Waals surface area contributed by atoms with Crippen molar-refractivity contribution in [1.29, 1.82) is 0 Å². The van der Waals surface area contributed by atoms with E-state index in [9.17, 15) is 26.7 Å². The lowest BCUT2D eigenvalue weighted by atomic mass is 10.0. The maximum absolute atomic E-state index is 14.3. The number of aliphatic hydroxyl groups excluding tert-OH is 1. The fourth-order valence-corrected chi connectivity index (χ4v) is 8.73. The van der Waals surface area contributed by atoms with Gasteiger partial charge in [0.25, 0.3) is 26.0 Å². The zero-order chi connectivity index (χ0) is 34.4. The summed E-state index contributed by atoms with van der Waals surface area (Å²) in [5.41, 5.74) is 1.24. The predicted molar refractivity (Wildman–Crippen MR) is 183 cm³/mol. The molecular formula is C33H45N3O8S3. The Labute approximate surface area is 282 Å². The standard InChI is InChI=1S/C33H45N3O8S3/c1-23-11-14-28(15-12-23)46(39,40)34-27-13-16-30-29(19-27)33(38)36(25(3)22-37)20-24(2)31(43-17-7-6-9-26(4)44-30)21-35(5)47(41,42)32-10-8-18-45-32/h8,10-16,18-19,24-26,31,34,37H,6-7,9,17,20-22H2,1-5H3/t24-,25-,26+,31-/m0/s1. The number of hydrogen-bond acceptors (Lipinski definition) is 9. The summed E-state index contributed by atoms with van der Waals surface area (Å²) in [7, 11) is -6.17.